The van der Waals surface area contributed by atoms with Gasteiger partial charge >= 0.3 is 0 Å². The molecule has 0 saturated heterocycles. The molecule has 0 aliphatic carbocycles. The molecule has 1 unspecified atom stereocenters. The SMILES string of the molecule is C=CCC(Cc1nc2ccc(Cl)cc2n1CCC)C(=O)c1ccc(F)c(Br)c1. The van der Waals surface area contributed by atoms with E-state index >= 15 is 0 Å². The third-order valence-electron chi connectivity index (χ3n) is 4.69. The van der Waals surface area contributed by atoms with Crippen LogP contribution in [0, 0.1) is 11.7 Å². The van der Waals surface area contributed by atoms with Gasteiger partial charge in [0.25, 0.3) is 0 Å². The standard InChI is InChI=1S/C22H21BrClFN2O/c1-3-5-14(22(28)15-6-8-18(25)17(23)11-15)12-21-26-19-9-7-16(24)13-20(19)27(21)10-4-2/h3,6-9,11,13-14H,1,4-5,10,12H2,2H3. The topological polar surface area (TPSA) is 34.9 Å². The van der Waals surface area contributed by atoms with Crippen molar-refractivity contribution in [2.24, 2.45) is 5.92 Å². The van der Waals surface area contributed by atoms with Crippen molar-refractivity contribution in [3.05, 3.63) is 75.8 Å². The molecular weight excluding hydrogens is 443 g/mol. The van der Waals surface area contributed by atoms with E-state index in [9.17, 15) is 9.18 Å². The molecule has 0 aliphatic rings. The number of aryl methyl sites for hydroxylation is 1. The quantitative estimate of drug-likeness (QED) is 0.278. The average Bonchev–Trinajstić information content (AvgIpc) is 3.00. The predicted octanol–water partition coefficient (Wildman–Crippen LogP) is 6.62. The van der Waals surface area contributed by atoms with Crippen molar-refractivity contribution < 1.29 is 9.18 Å². The van der Waals surface area contributed by atoms with Gasteiger partial charge < -0.3 is 4.57 Å². The number of carbonyl (C=O) groups is 1. The number of carbonyl (C=O) groups excluding carboxylic acids is 1. The highest BCUT2D eigenvalue weighted by molar-refractivity contribution is 9.10. The molecule has 0 bridgehead atoms. The summed E-state index contributed by atoms with van der Waals surface area (Å²) in [5.41, 5.74) is 2.31. The van der Waals surface area contributed by atoms with Crippen LogP contribution in [-0.2, 0) is 13.0 Å². The normalized spacial score (nSPS) is 12.3. The van der Waals surface area contributed by atoms with Gasteiger partial charge in [-0.25, -0.2) is 9.37 Å². The van der Waals surface area contributed by atoms with Crippen LogP contribution in [0.3, 0.4) is 0 Å². The second kappa shape index (κ2) is 9.01. The van der Waals surface area contributed by atoms with E-state index in [0.717, 1.165) is 29.8 Å². The van der Waals surface area contributed by atoms with Gasteiger partial charge in [-0.1, -0.05) is 24.6 Å². The fourth-order valence-electron chi connectivity index (χ4n) is 3.36. The lowest BCUT2D eigenvalue weighted by Crippen LogP contribution is -2.19. The first-order valence-corrected chi connectivity index (χ1v) is 10.4. The van der Waals surface area contributed by atoms with Crippen LogP contribution in [0.2, 0.25) is 5.02 Å². The Morgan fingerprint density at radius 1 is 1.36 bits per heavy atom. The maximum absolute atomic E-state index is 13.5. The van der Waals surface area contributed by atoms with Gasteiger partial charge in [0, 0.05) is 29.5 Å². The van der Waals surface area contributed by atoms with Crippen LogP contribution >= 0.6 is 27.5 Å². The van der Waals surface area contributed by atoms with Crippen molar-refractivity contribution in [1.82, 2.24) is 9.55 Å². The minimum Gasteiger partial charge on any atom is -0.328 e. The molecule has 1 heterocycles. The fourth-order valence-corrected chi connectivity index (χ4v) is 3.91. The molecule has 0 radical (unpaired) electrons. The minimum atomic E-state index is -0.390. The van der Waals surface area contributed by atoms with Crippen molar-refractivity contribution in [3.8, 4) is 0 Å². The second-order valence-corrected chi connectivity index (χ2v) is 8.02. The minimum absolute atomic E-state index is 0.0475. The van der Waals surface area contributed by atoms with Crippen LogP contribution in [0.15, 0.2) is 53.5 Å². The maximum atomic E-state index is 13.5. The van der Waals surface area contributed by atoms with Crippen molar-refractivity contribution in [2.75, 3.05) is 0 Å². The summed E-state index contributed by atoms with van der Waals surface area (Å²) in [5.74, 6) is 0.0884. The molecule has 6 heteroatoms. The Labute approximate surface area is 177 Å². The highest BCUT2D eigenvalue weighted by Crippen LogP contribution is 2.26. The third kappa shape index (κ3) is 4.36. The van der Waals surface area contributed by atoms with Gasteiger partial charge in [0.2, 0.25) is 0 Å². The smallest absolute Gasteiger partial charge is 0.166 e. The van der Waals surface area contributed by atoms with Crippen LogP contribution < -0.4 is 0 Å². The number of halogens is 3. The molecule has 0 N–H and O–H groups in total. The number of hydrogen-bond acceptors (Lipinski definition) is 2. The van der Waals surface area contributed by atoms with E-state index < -0.39 is 5.82 Å². The fraction of sp³-hybridized carbons (Fsp3) is 0.273. The van der Waals surface area contributed by atoms with E-state index in [0.29, 0.717) is 23.4 Å². The van der Waals surface area contributed by atoms with Gasteiger partial charge in [-0.15, -0.1) is 6.58 Å². The molecule has 3 rings (SSSR count). The summed E-state index contributed by atoms with van der Waals surface area (Å²) in [4.78, 5) is 17.8. The maximum Gasteiger partial charge on any atom is 0.166 e. The van der Waals surface area contributed by atoms with E-state index in [2.05, 4.69) is 34.0 Å². The Morgan fingerprint density at radius 3 is 2.82 bits per heavy atom. The lowest BCUT2D eigenvalue weighted by atomic mass is 9.91. The van der Waals surface area contributed by atoms with Crippen LogP contribution in [0.5, 0.6) is 0 Å². The van der Waals surface area contributed by atoms with Gasteiger partial charge in [-0.2, -0.15) is 0 Å². The third-order valence-corrected chi connectivity index (χ3v) is 5.53. The van der Waals surface area contributed by atoms with E-state index in [1.807, 2.05) is 18.2 Å². The van der Waals surface area contributed by atoms with Crippen molar-refractivity contribution >= 4 is 44.3 Å². The zero-order chi connectivity index (χ0) is 20.3. The van der Waals surface area contributed by atoms with Crippen molar-refractivity contribution in [1.29, 1.82) is 0 Å². The lowest BCUT2D eigenvalue weighted by molar-refractivity contribution is 0.0918. The molecular formula is C22H21BrClFN2O. The van der Waals surface area contributed by atoms with Gasteiger partial charge in [-0.05, 0) is 65.2 Å². The number of nitrogens with zero attached hydrogens (tertiary/aromatic N) is 2. The number of hydrogen-bond donors (Lipinski definition) is 0. The highest BCUT2D eigenvalue weighted by Gasteiger charge is 2.23. The Morgan fingerprint density at radius 2 is 2.14 bits per heavy atom. The number of imidazole rings is 1. The molecule has 2 aromatic carbocycles. The Bertz CT molecular complexity index is 1030. The van der Waals surface area contributed by atoms with Crippen molar-refractivity contribution in [2.45, 2.75) is 32.7 Å². The Hall–Kier alpha value is -1.98. The number of aromatic nitrogens is 2. The van der Waals surface area contributed by atoms with Gasteiger partial charge in [0.05, 0.1) is 15.5 Å². The Balaban J connectivity index is 1.97. The molecule has 0 fully saturated rings. The summed E-state index contributed by atoms with van der Waals surface area (Å²) >= 11 is 9.33. The van der Waals surface area contributed by atoms with E-state index in [-0.39, 0.29) is 16.2 Å². The summed E-state index contributed by atoms with van der Waals surface area (Å²) in [6.45, 7) is 6.69. The summed E-state index contributed by atoms with van der Waals surface area (Å²) in [7, 11) is 0. The van der Waals surface area contributed by atoms with Crippen molar-refractivity contribution in [3.63, 3.8) is 0 Å². The Kier molecular flexibility index (Phi) is 6.68. The second-order valence-electron chi connectivity index (χ2n) is 6.73. The number of benzene rings is 2. The number of fused-ring (bicyclic) bond motifs is 1. The summed E-state index contributed by atoms with van der Waals surface area (Å²) < 4.78 is 16.0. The molecule has 28 heavy (non-hydrogen) atoms. The molecule has 1 aromatic heterocycles. The lowest BCUT2D eigenvalue weighted by Gasteiger charge is -2.16. The van der Waals surface area contributed by atoms with Crippen LogP contribution in [-0.4, -0.2) is 15.3 Å². The van der Waals surface area contributed by atoms with Crippen LogP contribution in [0.25, 0.3) is 11.0 Å². The molecule has 146 valence electrons. The molecule has 3 aromatic rings. The van der Waals surface area contributed by atoms with Gasteiger partial charge in [-0.3, -0.25) is 4.79 Å². The molecule has 0 saturated carbocycles. The number of allylic oxidation sites excluding steroid dienone is 1. The van der Waals surface area contributed by atoms with Crippen LogP contribution in [0.4, 0.5) is 4.39 Å². The predicted molar refractivity (Wildman–Crippen MR) is 115 cm³/mol. The molecule has 1 atom stereocenters. The summed E-state index contributed by atoms with van der Waals surface area (Å²) in [6, 6.07) is 9.98. The number of ketones is 1. The first-order valence-electron chi connectivity index (χ1n) is 9.19. The van der Waals surface area contributed by atoms with Crippen LogP contribution in [0.1, 0.15) is 35.9 Å². The monoisotopic (exact) mass is 462 g/mol. The first kappa shape index (κ1) is 20.7. The largest absolute Gasteiger partial charge is 0.328 e. The van der Waals surface area contributed by atoms with Gasteiger partial charge in [0.1, 0.15) is 11.6 Å². The molecule has 0 amide bonds. The van der Waals surface area contributed by atoms with E-state index in [1.54, 1.807) is 6.08 Å². The van der Waals surface area contributed by atoms with E-state index in [1.165, 1.54) is 18.2 Å². The van der Waals surface area contributed by atoms with Gasteiger partial charge in [0.15, 0.2) is 5.78 Å². The highest BCUT2D eigenvalue weighted by atomic mass is 79.9. The summed E-state index contributed by atoms with van der Waals surface area (Å²) in [5, 5.41) is 0.659. The first-order chi connectivity index (χ1) is 13.4. The molecule has 0 aliphatic heterocycles. The summed E-state index contributed by atoms with van der Waals surface area (Å²) in [6.07, 6.45) is 3.68. The molecule has 0 spiro atoms. The van der Waals surface area contributed by atoms with E-state index in [4.69, 9.17) is 16.6 Å². The zero-order valence-electron chi connectivity index (χ0n) is 15.6. The zero-order valence-corrected chi connectivity index (χ0v) is 17.9. The number of Topliss-reactive ketones (excluding diaryl/α,β-unsaturated/α-hetero) is 1. The average molecular weight is 464 g/mol. The molecule has 3 nitrogen and oxygen atoms in total. The number of rotatable bonds is 8.